The van der Waals surface area contributed by atoms with Crippen LogP contribution < -0.4 is 5.73 Å². The quantitative estimate of drug-likeness (QED) is 0.918. The predicted octanol–water partition coefficient (Wildman–Crippen LogP) is 1.88. The maximum Gasteiger partial charge on any atom is 0.243 e. The normalized spacial score (nSPS) is 18.3. The zero-order valence-electron chi connectivity index (χ0n) is 11.5. The molecule has 1 unspecified atom stereocenters. The van der Waals surface area contributed by atoms with Crippen LogP contribution in [0.5, 0.6) is 0 Å². The van der Waals surface area contributed by atoms with Crippen LogP contribution >= 0.6 is 15.9 Å². The fourth-order valence-corrected chi connectivity index (χ4v) is 3.29. The zero-order valence-corrected chi connectivity index (χ0v) is 13.0. The number of carbonyl (C=O) groups excluding carboxylic acids is 2. The highest BCUT2D eigenvalue weighted by molar-refractivity contribution is 9.10. The lowest BCUT2D eigenvalue weighted by molar-refractivity contribution is -0.137. The average molecular weight is 350 g/mol. The Morgan fingerprint density at radius 3 is 2.90 bits per heavy atom. The maximum absolute atomic E-state index is 12.4. The van der Waals surface area contributed by atoms with Crippen LogP contribution in [0, 0.1) is 0 Å². The molecule has 1 fully saturated rings. The number of nitrogens with zero attached hydrogens (tertiary/aromatic N) is 2. The standard InChI is InChI=1S/C15H16BrN3O2/c16-11-3-4-12-10(8-11)5-7-18(12)9-14(20)19-6-1-2-13(19)15(17)21/h3-5,7-8,13H,1-2,6,9H2,(H2,17,21). The lowest BCUT2D eigenvalue weighted by Gasteiger charge is -2.22. The third-order valence-corrected chi connectivity index (χ3v) is 4.43. The van der Waals surface area contributed by atoms with E-state index in [0.29, 0.717) is 13.0 Å². The molecule has 2 N–H and O–H groups in total. The van der Waals surface area contributed by atoms with Crippen molar-refractivity contribution in [2.45, 2.75) is 25.4 Å². The van der Waals surface area contributed by atoms with Gasteiger partial charge in [-0.25, -0.2) is 0 Å². The molecule has 2 heterocycles. The van der Waals surface area contributed by atoms with Gasteiger partial charge in [0.15, 0.2) is 0 Å². The zero-order chi connectivity index (χ0) is 15.0. The second-order valence-electron chi connectivity index (χ2n) is 5.29. The van der Waals surface area contributed by atoms with Crippen LogP contribution in [0.15, 0.2) is 34.9 Å². The van der Waals surface area contributed by atoms with Crippen molar-refractivity contribution in [1.82, 2.24) is 9.47 Å². The summed E-state index contributed by atoms with van der Waals surface area (Å²) in [5.41, 5.74) is 6.36. The topological polar surface area (TPSA) is 68.3 Å². The van der Waals surface area contributed by atoms with E-state index in [9.17, 15) is 9.59 Å². The first-order valence-corrected chi connectivity index (χ1v) is 7.69. The van der Waals surface area contributed by atoms with Crippen LogP contribution in [0.25, 0.3) is 10.9 Å². The summed E-state index contributed by atoms with van der Waals surface area (Å²) in [6.07, 6.45) is 3.39. The maximum atomic E-state index is 12.4. The largest absolute Gasteiger partial charge is 0.368 e. The van der Waals surface area contributed by atoms with Gasteiger partial charge in [-0.3, -0.25) is 9.59 Å². The van der Waals surface area contributed by atoms with Crippen LogP contribution in [-0.4, -0.2) is 33.9 Å². The number of nitrogens with two attached hydrogens (primary N) is 1. The van der Waals surface area contributed by atoms with Gasteiger partial charge in [0.1, 0.15) is 12.6 Å². The molecule has 0 bridgehead atoms. The number of hydrogen-bond donors (Lipinski definition) is 1. The number of rotatable bonds is 3. The molecule has 5 nitrogen and oxygen atoms in total. The molecule has 1 aromatic carbocycles. The molecule has 2 amide bonds. The molecule has 110 valence electrons. The second kappa shape index (κ2) is 5.52. The average Bonchev–Trinajstić information content (AvgIpc) is 3.05. The molecule has 0 saturated carbocycles. The molecular weight excluding hydrogens is 334 g/mol. The first-order valence-electron chi connectivity index (χ1n) is 6.89. The summed E-state index contributed by atoms with van der Waals surface area (Å²) < 4.78 is 2.91. The summed E-state index contributed by atoms with van der Waals surface area (Å²) in [6, 6.07) is 7.46. The lowest BCUT2D eigenvalue weighted by atomic mass is 10.2. The van der Waals surface area contributed by atoms with Gasteiger partial charge >= 0.3 is 0 Å². The monoisotopic (exact) mass is 349 g/mol. The summed E-state index contributed by atoms with van der Waals surface area (Å²) >= 11 is 3.43. The van der Waals surface area contributed by atoms with Crippen molar-refractivity contribution in [3.63, 3.8) is 0 Å². The predicted molar refractivity (Wildman–Crippen MR) is 83.6 cm³/mol. The van der Waals surface area contributed by atoms with Gasteiger partial charge in [-0.05, 0) is 37.1 Å². The Morgan fingerprint density at radius 2 is 2.14 bits per heavy atom. The summed E-state index contributed by atoms with van der Waals surface area (Å²) in [6.45, 7) is 0.839. The summed E-state index contributed by atoms with van der Waals surface area (Å²) in [4.78, 5) is 25.4. The Bertz CT molecular complexity index is 710. The number of halogens is 1. The Morgan fingerprint density at radius 1 is 1.33 bits per heavy atom. The number of benzene rings is 1. The number of amides is 2. The fourth-order valence-electron chi connectivity index (χ4n) is 2.91. The summed E-state index contributed by atoms with van der Waals surface area (Å²) in [7, 11) is 0. The van der Waals surface area contributed by atoms with Crippen LogP contribution in [-0.2, 0) is 16.1 Å². The molecule has 2 aromatic rings. The Kier molecular flexibility index (Phi) is 3.71. The van der Waals surface area contributed by atoms with E-state index in [4.69, 9.17) is 5.73 Å². The second-order valence-corrected chi connectivity index (χ2v) is 6.21. The lowest BCUT2D eigenvalue weighted by Crippen LogP contribution is -2.44. The van der Waals surface area contributed by atoms with Gasteiger partial charge in [-0.15, -0.1) is 0 Å². The highest BCUT2D eigenvalue weighted by Gasteiger charge is 2.32. The SMILES string of the molecule is NC(=O)C1CCCN1C(=O)Cn1ccc2cc(Br)ccc21. The number of carbonyl (C=O) groups is 2. The molecule has 6 heteroatoms. The van der Waals surface area contributed by atoms with Crippen LogP contribution in [0.4, 0.5) is 0 Å². The highest BCUT2D eigenvalue weighted by Crippen LogP contribution is 2.22. The van der Waals surface area contributed by atoms with E-state index in [1.54, 1.807) is 4.90 Å². The van der Waals surface area contributed by atoms with Gasteiger partial charge in [0.05, 0.1) is 0 Å². The van der Waals surface area contributed by atoms with Crippen molar-refractivity contribution in [3.05, 3.63) is 34.9 Å². The van der Waals surface area contributed by atoms with E-state index in [2.05, 4.69) is 15.9 Å². The van der Waals surface area contributed by atoms with Crippen molar-refractivity contribution in [2.24, 2.45) is 5.73 Å². The molecular formula is C15H16BrN3O2. The Labute approximate surface area is 130 Å². The smallest absolute Gasteiger partial charge is 0.243 e. The van der Waals surface area contributed by atoms with Crippen molar-refractivity contribution in [1.29, 1.82) is 0 Å². The molecule has 3 rings (SSSR count). The minimum absolute atomic E-state index is 0.0586. The van der Waals surface area contributed by atoms with E-state index in [-0.39, 0.29) is 12.5 Å². The molecule has 21 heavy (non-hydrogen) atoms. The van der Waals surface area contributed by atoms with E-state index in [1.165, 1.54) is 0 Å². The molecule has 0 spiro atoms. The van der Waals surface area contributed by atoms with Gasteiger partial charge < -0.3 is 15.2 Å². The van der Waals surface area contributed by atoms with Gasteiger partial charge in [0.25, 0.3) is 0 Å². The van der Waals surface area contributed by atoms with E-state index in [1.807, 2.05) is 35.0 Å². The molecule has 1 atom stereocenters. The van der Waals surface area contributed by atoms with E-state index < -0.39 is 11.9 Å². The van der Waals surface area contributed by atoms with Crippen molar-refractivity contribution < 1.29 is 9.59 Å². The van der Waals surface area contributed by atoms with Crippen molar-refractivity contribution >= 4 is 38.6 Å². The first kappa shape index (κ1) is 14.1. The third kappa shape index (κ3) is 2.68. The molecule has 1 aromatic heterocycles. The number of aromatic nitrogens is 1. The Hall–Kier alpha value is -1.82. The van der Waals surface area contributed by atoms with Crippen LogP contribution in [0.1, 0.15) is 12.8 Å². The van der Waals surface area contributed by atoms with Gasteiger partial charge in [0.2, 0.25) is 11.8 Å². The summed E-state index contributed by atoms with van der Waals surface area (Å²) in [5, 5.41) is 1.07. The molecule has 0 radical (unpaired) electrons. The van der Waals surface area contributed by atoms with Crippen LogP contribution in [0.3, 0.4) is 0 Å². The first-order chi connectivity index (χ1) is 10.1. The minimum atomic E-state index is -0.450. The van der Waals surface area contributed by atoms with Crippen molar-refractivity contribution in [3.8, 4) is 0 Å². The molecule has 0 aliphatic carbocycles. The number of fused-ring (bicyclic) bond motifs is 1. The van der Waals surface area contributed by atoms with E-state index >= 15 is 0 Å². The molecule has 1 saturated heterocycles. The molecule has 1 aliphatic heterocycles. The highest BCUT2D eigenvalue weighted by atomic mass is 79.9. The number of primary amides is 1. The summed E-state index contributed by atoms with van der Waals surface area (Å²) in [5.74, 6) is -0.473. The number of hydrogen-bond acceptors (Lipinski definition) is 2. The minimum Gasteiger partial charge on any atom is -0.368 e. The van der Waals surface area contributed by atoms with Gasteiger partial charge in [-0.2, -0.15) is 0 Å². The Balaban J connectivity index is 1.82. The van der Waals surface area contributed by atoms with Crippen molar-refractivity contribution in [2.75, 3.05) is 6.54 Å². The van der Waals surface area contributed by atoms with Gasteiger partial charge in [0, 0.05) is 28.1 Å². The van der Waals surface area contributed by atoms with Gasteiger partial charge in [-0.1, -0.05) is 15.9 Å². The molecule has 1 aliphatic rings. The fraction of sp³-hybridized carbons (Fsp3) is 0.333. The number of likely N-dealkylation sites (tertiary alicyclic amines) is 1. The van der Waals surface area contributed by atoms with Crippen LogP contribution in [0.2, 0.25) is 0 Å². The third-order valence-electron chi connectivity index (χ3n) is 3.94. The van der Waals surface area contributed by atoms with E-state index in [0.717, 1.165) is 21.8 Å².